The standard InChI is InChI=1S/C13H23N3O2/c1-3-10(14-2)8-13-15-12(16-18-13)9-11-6-4-5-7-17-11/h10-11,14H,3-9H2,1-2H3. The van der Waals surface area contributed by atoms with Gasteiger partial charge in [0.15, 0.2) is 5.82 Å². The van der Waals surface area contributed by atoms with Crippen LogP contribution >= 0.6 is 0 Å². The Morgan fingerprint density at radius 3 is 3.00 bits per heavy atom. The van der Waals surface area contributed by atoms with E-state index in [4.69, 9.17) is 9.26 Å². The molecular formula is C13H23N3O2. The van der Waals surface area contributed by atoms with Gasteiger partial charge in [0.05, 0.1) is 6.10 Å². The van der Waals surface area contributed by atoms with E-state index in [1.165, 1.54) is 12.8 Å². The first-order chi connectivity index (χ1) is 8.81. The molecule has 1 aliphatic rings. The Labute approximate surface area is 108 Å². The summed E-state index contributed by atoms with van der Waals surface area (Å²) in [5, 5.41) is 7.28. The average Bonchev–Trinajstić information content (AvgIpc) is 2.84. The summed E-state index contributed by atoms with van der Waals surface area (Å²) in [4.78, 5) is 4.44. The van der Waals surface area contributed by atoms with E-state index in [0.717, 1.165) is 44.0 Å². The first-order valence-corrected chi connectivity index (χ1v) is 6.92. The zero-order valence-corrected chi connectivity index (χ0v) is 11.3. The number of hydrogen-bond donors (Lipinski definition) is 1. The minimum Gasteiger partial charge on any atom is -0.378 e. The third-order valence-corrected chi connectivity index (χ3v) is 3.52. The van der Waals surface area contributed by atoms with E-state index in [2.05, 4.69) is 22.4 Å². The third-order valence-electron chi connectivity index (χ3n) is 3.52. The molecule has 18 heavy (non-hydrogen) atoms. The molecule has 102 valence electrons. The molecule has 1 fully saturated rings. The highest BCUT2D eigenvalue weighted by Gasteiger charge is 2.18. The molecular weight excluding hydrogens is 230 g/mol. The van der Waals surface area contributed by atoms with Gasteiger partial charge in [-0.1, -0.05) is 12.1 Å². The lowest BCUT2D eigenvalue weighted by molar-refractivity contribution is 0.0153. The summed E-state index contributed by atoms with van der Waals surface area (Å²) < 4.78 is 11.0. The molecule has 0 radical (unpaired) electrons. The molecule has 1 aliphatic heterocycles. The number of likely N-dealkylation sites (N-methyl/N-ethyl adjacent to an activating group) is 1. The number of ether oxygens (including phenoxy) is 1. The molecule has 2 rings (SSSR count). The second kappa shape index (κ2) is 6.85. The molecule has 0 amide bonds. The summed E-state index contributed by atoms with van der Waals surface area (Å²) in [6.45, 7) is 3.02. The first kappa shape index (κ1) is 13.5. The normalized spacial score (nSPS) is 22.0. The topological polar surface area (TPSA) is 60.2 Å². The van der Waals surface area contributed by atoms with Crippen LogP contribution in [0.3, 0.4) is 0 Å². The zero-order valence-electron chi connectivity index (χ0n) is 11.3. The van der Waals surface area contributed by atoms with Gasteiger partial charge in [-0.05, 0) is 32.7 Å². The van der Waals surface area contributed by atoms with Crippen LogP contribution in [0.1, 0.15) is 44.3 Å². The Balaban J connectivity index is 1.85. The maximum atomic E-state index is 5.68. The van der Waals surface area contributed by atoms with Crippen LogP contribution in [-0.4, -0.2) is 35.9 Å². The molecule has 2 heterocycles. The minimum atomic E-state index is 0.274. The van der Waals surface area contributed by atoms with E-state index in [1.807, 2.05) is 7.05 Å². The quantitative estimate of drug-likeness (QED) is 0.836. The van der Waals surface area contributed by atoms with Crippen molar-refractivity contribution in [3.05, 3.63) is 11.7 Å². The van der Waals surface area contributed by atoms with Gasteiger partial charge < -0.3 is 14.6 Å². The van der Waals surface area contributed by atoms with Crippen LogP contribution in [0, 0.1) is 0 Å². The second-order valence-corrected chi connectivity index (χ2v) is 4.90. The van der Waals surface area contributed by atoms with Gasteiger partial charge >= 0.3 is 0 Å². The molecule has 1 aromatic rings. The molecule has 1 N–H and O–H groups in total. The van der Waals surface area contributed by atoms with Crippen molar-refractivity contribution in [2.24, 2.45) is 0 Å². The summed E-state index contributed by atoms with van der Waals surface area (Å²) in [6, 6.07) is 0.407. The third kappa shape index (κ3) is 3.78. The minimum absolute atomic E-state index is 0.274. The van der Waals surface area contributed by atoms with Crippen LogP contribution in [0.15, 0.2) is 4.52 Å². The van der Waals surface area contributed by atoms with E-state index < -0.39 is 0 Å². The molecule has 5 nitrogen and oxygen atoms in total. The number of nitrogens with one attached hydrogen (secondary N) is 1. The Hall–Kier alpha value is -0.940. The molecule has 0 aromatic carbocycles. The predicted octanol–water partition coefficient (Wildman–Crippen LogP) is 1.72. The number of aromatic nitrogens is 2. The van der Waals surface area contributed by atoms with Crippen molar-refractivity contribution in [3.8, 4) is 0 Å². The fraction of sp³-hybridized carbons (Fsp3) is 0.846. The van der Waals surface area contributed by atoms with E-state index in [-0.39, 0.29) is 6.10 Å². The Morgan fingerprint density at radius 1 is 1.44 bits per heavy atom. The highest BCUT2D eigenvalue weighted by Crippen LogP contribution is 2.16. The van der Waals surface area contributed by atoms with Crippen LogP contribution in [0.5, 0.6) is 0 Å². The molecule has 0 saturated carbocycles. The smallest absolute Gasteiger partial charge is 0.228 e. The van der Waals surface area contributed by atoms with E-state index in [0.29, 0.717) is 6.04 Å². The number of rotatable bonds is 6. The molecule has 0 bridgehead atoms. The molecule has 2 atom stereocenters. The van der Waals surface area contributed by atoms with Gasteiger partial charge in [-0.25, -0.2) is 0 Å². The van der Waals surface area contributed by atoms with Gasteiger partial charge in [-0.3, -0.25) is 0 Å². The van der Waals surface area contributed by atoms with Gasteiger partial charge in [0, 0.05) is 25.5 Å². The van der Waals surface area contributed by atoms with Crippen LogP contribution in [0.4, 0.5) is 0 Å². The number of hydrogen-bond acceptors (Lipinski definition) is 5. The Kier molecular flexibility index (Phi) is 5.13. The maximum Gasteiger partial charge on any atom is 0.228 e. The van der Waals surface area contributed by atoms with E-state index in [1.54, 1.807) is 0 Å². The Morgan fingerprint density at radius 2 is 2.33 bits per heavy atom. The van der Waals surface area contributed by atoms with Gasteiger partial charge in [0.1, 0.15) is 0 Å². The van der Waals surface area contributed by atoms with Crippen LogP contribution in [-0.2, 0) is 17.6 Å². The van der Waals surface area contributed by atoms with Crippen molar-refractivity contribution >= 4 is 0 Å². The van der Waals surface area contributed by atoms with Gasteiger partial charge in [-0.2, -0.15) is 4.98 Å². The van der Waals surface area contributed by atoms with Crippen LogP contribution < -0.4 is 5.32 Å². The van der Waals surface area contributed by atoms with Crippen molar-refractivity contribution < 1.29 is 9.26 Å². The van der Waals surface area contributed by atoms with E-state index >= 15 is 0 Å². The highest BCUT2D eigenvalue weighted by molar-refractivity contribution is 4.91. The molecule has 0 aliphatic carbocycles. The summed E-state index contributed by atoms with van der Waals surface area (Å²) in [6.07, 6.45) is 6.43. The van der Waals surface area contributed by atoms with Crippen LogP contribution in [0.2, 0.25) is 0 Å². The lowest BCUT2D eigenvalue weighted by Gasteiger charge is -2.20. The van der Waals surface area contributed by atoms with Crippen molar-refractivity contribution in [1.29, 1.82) is 0 Å². The predicted molar refractivity (Wildman–Crippen MR) is 68.4 cm³/mol. The second-order valence-electron chi connectivity index (χ2n) is 4.90. The highest BCUT2D eigenvalue weighted by atomic mass is 16.5. The maximum absolute atomic E-state index is 5.68. The van der Waals surface area contributed by atoms with Gasteiger partial charge in [0.25, 0.3) is 0 Å². The summed E-state index contributed by atoms with van der Waals surface area (Å²) in [7, 11) is 1.96. The fourth-order valence-electron chi connectivity index (χ4n) is 2.29. The molecule has 1 saturated heterocycles. The fourth-order valence-corrected chi connectivity index (χ4v) is 2.29. The average molecular weight is 253 g/mol. The summed E-state index contributed by atoms with van der Waals surface area (Å²) in [5.74, 6) is 1.50. The van der Waals surface area contributed by atoms with Crippen molar-refractivity contribution in [1.82, 2.24) is 15.5 Å². The molecule has 1 aromatic heterocycles. The van der Waals surface area contributed by atoms with Crippen molar-refractivity contribution in [2.45, 2.75) is 57.6 Å². The van der Waals surface area contributed by atoms with Gasteiger partial charge in [0.2, 0.25) is 5.89 Å². The summed E-state index contributed by atoms with van der Waals surface area (Å²) >= 11 is 0. The Bertz CT molecular complexity index is 344. The lowest BCUT2D eigenvalue weighted by Crippen LogP contribution is -2.26. The monoisotopic (exact) mass is 253 g/mol. The lowest BCUT2D eigenvalue weighted by atomic mass is 10.1. The summed E-state index contributed by atoms with van der Waals surface area (Å²) in [5.41, 5.74) is 0. The van der Waals surface area contributed by atoms with E-state index in [9.17, 15) is 0 Å². The first-order valence-electron chi connectivity index (χ1n) is 6.92. The largest absolute Gasteiger partial charge is 0.378 e. The van der Waals surface area contributed by atoms with Crippen molar-refractivity contribution in [3.63, 3.8) is 0 Å². The SMILES string of the molecule is CCC(Cc1nc(CC2CCCCO2)no1)NC. The molecule has 0 spiro atoms. The number of nitrogens with zero attached hydrogens (tertiary/aromatic N) is 2. The molecule has 2 unspecified atom stereocenters. The van der Waals surface area contributed by atoms with Crippen LogP contribution in [0.25, 0.3) is 0 Å². The zero-order chi connectivity index (χ0) is 12.8. The molecule has 5 heteroatoms. The van der Waals surface area contributed by atoms with Gasteiger partial charge in [-0.15, -0.1) is 0 Å². The van der Waals surface area contributed by atoms with Crippen molar-refractivity contribution in [2.75, 3.05) is 13.7 Å².